The molecule has 0 aromatic carbocycles. The van der Waals surface area contributed by atoms with Gasteiger partial charge in [0.15, 0.2) is 0 Å². The highest BCUT2D eigenvalue weighted by Gasteiger charge is 2.33. The molecule has 22 heavy (non-hydrogen) atoms. The molecule has 5 heteroatoms. The van der Waals surface area contributed by atoms with Gasteiger partial charge in [-0.1, -0.05) is 6.42 Å². The molecule has 0 radical (unpaired) electrons. The first-order valence-corrected chi connectivity index (χ1v) is 9.18. The predicted octanol–water partition coefficient (Wildman–Crippen LogP) is 0.449. The standard InChI is InChI=1S/C17H36N4O/c1-18-8-4-6-10-21-13-11-20(12-14-21)9-5-3-7-16-17(22)15-19(16)2/h16-18,22H,3-15H2,1-2H3. The molecule has 2 N–H and O–H groups in total. The Kier molecular flexibility index (Phi) is 8.11. The molecule has 0 aromatic rings. The molecule has 2 rings (SSSR count). The summed E-state index contributed by atoms with van der Waals surface area (Å²) in [4.78, 5) is 7.51. The fourth-order valence-electron chi connectivity index (χ4n) is 3.68. The number of piperazine rings is 1. The third-order valence-corrected chi connectivity index (χ3v) is 5.33. The van der Waals surface area contributed by atoms with E-state index in [0.29, 0.717) is 6.04 Å². The minimum absolute atomic E-state index is 0.0727. The number of aliphatic hydroxyl groups excluding tert-OH is 1. The normalized spacial score (nSPS) is 28.0. The number of nitrogens with one attached hydrogen (secondary N) is 1. The molecule has 5 nitrogen and oxygen atoms in total. The molecule has 0 saturated carbocycles. The minimum Gasteiger partial charge on any atom is -0.390 e. The Bertz CT molecular complexity index is 286. The van der Waals surface area contributed by atoms with E-state index in [0.717, 1.165) is 19.5 Å². The second kappa shape index (κ2) is 9.83. The number of hydrogen-bond donors (Lipinski definition) is 2. The second-order valence-electron chi connectivity index (χ2n) is 7.06. The van der Waals surface area contributed by atoms with Crippen LogP contribution in [0.4, 0.5) is 0 Å². The van der Waals surface area contributed by atoms with Gasteiger partial charge in [0.05, 0.1) is 6.10 Å². The zero-order valence-electron chi connectivity index (χ0n) is 14.6. The van der Waals surface area contributed by atoms with Crippen molar-refractivity contribution in [2.24, 2.45) is 0 Å². The summed E-state index contributed by atoms with van der Waals surface area (Å²) in [6.45, 7) is 9.45. The maximum absolute atomic E-state index is 9.70. The fourth-order valence-corrected chi connectivity index (χ4v) is 3.68. The smallest absolute Gasteiger partial charge is 0.0821 e. The van der Waals surface area contributed by atoms with Crippen molar-refractivity contribution in [1.82, 2.24) is 20.0 Å². The number of hydrogen-bond acceptors (Lipinski definition) is 5. The van der Waals surface area contributed by atoms with Crippen LogP contribution in [0, 0.1) is 0 Å². The van der Waals surface area contributed by atoms with Crippen molar-refractivity contribution in [3.8, 4) is 0 Å². The number of rotatable bonds is 10. The van der Waals surface area contributed by atoms with Crippen LogP contribution in [0.15, 0.2) is 0 Å². The predicted molar refractivity (Wildman–Crippen MR) is 92.3 cm³/mol. The van der Waals surface area contributed by atoms with Crippen LogP contribution in [0.1, 0.15) is 32.1 Å². The number of likely N-dealkylation sites (N-methyl/N-ethyl adjacent to an activating group) is 1. The molecule has 0 bridgehead atoms. The molecule has 2 aliphatic rings. The molecule has 2 heterocycles. The van der Waals surface area contributed by atoms with Crippen LogP contribution in [-0.4, -0.2) is 98.4 Å². The first kappa shape index (κ1) is 18.1. The lowest BCUT2D eigenvalue weighted by Gasteiger charge is -2.43. The molecular weight excluding hydrogens is 276 g/mol. The van der Waals surface area contributed by atoms with Crippen molar-refractivity contribution in [3.05, 3.63) is 0 Å². The first-order chi connectivity index (χ1) is 10.7. The van der Waals surface area contributed by atoms with Gasteiger partial charge in [0.2, 0.25) is 0 Å². The van der Waals surface area contributed by atoms with Gasteiger partial charge in [-0.2, -0.15) is 0 Å². The van der Waals surface area contributed by atoms with Gasteiger partial charge in [0.1, 0.15) is 0 Å². The van der Waals surface area contributed by atoms with E-state index in [1.165, 1.54) is 65.0 Å². The van der Waals surface area contributed by atoms with Crippen molar-refractivity contribution in [2.75, 3.05) is 66.5 Å². The van der Waals surface area contributed by atoms with Crippen LogP contribution in [-0.2, 0) is 0 Å². The first-order valence-electron chi connectivity index (χ1n) is 9.18. The van der Waals surface area contributed by atoms with Gasteiger partial charge in [-0.3, -0.25) is 4.90 Å². The van der Waals surface area contributed by atoms with Crippen LogP contribution >= 0.6 is 0 Å². The zero-order valence-corrected chi connectivity index (χ0v) is 14.6. The van der Waals surface area contributed by atoms with Crippen LogP contribution < -0.4 is 5.32 Å². The summed E-state index contributed by atoms with van der Waals surface area (Å²) >= 11 is 0. The quantitative estimate of drug-likeness (QED) is 0.573. The summed E-state index contributed by atoms with van der Waals surface area (Å²) in [7, 11) is 4.15. The molecule has 0 aromatic heterocycles. The maximum atomic E-state index is 9.70. The molecule has 0 aliphatic carbocycles. The number of likely N-dealkylation sites (tertiary alicyclic amines) is 1. The molecule has 130 valence electrons. The monoisotopic (exact) mass is 312 g/mol. The van der Waals surface area contributed by atoms with Crippen molar-refractivity contribution < 1.29 is 5.11 Å². The molecule has 2 fully saturated rings. The number of aliphatic hydroxyl groups is 1. The molecule has 0 spiro atoms. The van der Waals surface area contributed by atoms with Crippen molar-refractivity contribution in [2.45, 2.75) is 44.2 Å². The molecule has 0 amide bonds. The summed E-state index contributed by atoms with van der Waals surface area (Å²) < 4.78 is 0. The van der Waals surface area contributed by atoms with Gasteiger partial charge in [0, 0.05) is 38.8 Å². The van der Waals surface area contributed by atoms with Gasteiger partial charge in [0.25, 0.3) is 0 Å². The molecular formula is C17H36N4O. The Morgan fingerprint density at radius 3 is 2.05 bits per heavy atom. The van der Waals surface area contributed by atoms with E-state index in [9.17, 15) is 5.11 Å². The lowest BCUT2D eigenvalue weighted by atomic mass is 9.95. The van der Waals surface area contributed by atoms with Gasteiger partial charge >= 0.3 is 0 Å². The summed E-state index contributed by atoms with van der Waals surface area (Å²) in [6, 6.07) is 0.425. The Balaban J connectivity index is 1.45. The summed E-state index contributed by atoms with van der Waals surface area (Å²) in [6.07, 6.45) is 6.21. The topological polar surface area (TPSA) is 42.0 Å². The Morgan fingerprint density at radius 1 is 0.955 bits per heavy atom. The minimum atomic E-state index is -0.0727. The number of unbranched alkanes of at least 4 members (excludes halogenated alkanes) is 2. The van der Waals surface area contributed by atoms with E-state index < -0.39 is 0 Å². The van der Waals surface area contributed by atoms with Crippen molar-refractivity contribution >= 4 is 0 Å². The van der Waals surface area contributed by atoms with Crippen molar-refractivity contribution in [3.63, 3.8) is 0 Å². The summed E-state index contributed by atoms with van der Waals surface area (Å²) in [5.74, 6) is 0. The van der Waals surface area contributed by atoms with Crippen LogP contribution in [0.25, 0.3) is 0 Å². The summed E-state index contributed by atoms with van der Waals surface area (Å²) in [5, 5.41) is 12.9. The average Bonchev–Trinajstić information content (AvgIpc) is 2.52. The molecule has 2 unspecified atom stereocenters. The van der Waals surface area contributed by atoms with E-state index in [1.54, 1.807) is 0 Å². The Labute approximate surface area is 136 Å². The van der Waals surface area contributed by atoms with E-state index in [2.05, 4.69) is 27.1 Å². The van der Waals surface area contributed by atoms with Crippen LogP contribution in [0.2, 0.25) is 0 Å². The number of nitrogens with zero attached hydrogens (tertiary/aromatic N) is 3. The fraction of sp³-hybridized carbons (Fsp3) is 1.00. The third kappa shape index (κ3) is 5.78. The summed E-state index contributed by atoms with van der Waals surface area (Å²) in [5.41, 5.74) is 0. The van der Waals surface area contributed by atoms with Gasteiger partial charge in [-0.25, -0.2) is 0 Å². The Hall–Kier alpha value is -0.200. The highest BCUT2D eigenvalue weighted by molar-refractivity contribution is 4.89. The van der Waals surface area contributed by atoms with Crippen LogP contribution in [0.3, 0.4) is 0 Å². The lowest BCUT2D eigenvalue weighted by Crippen LogP contribution is -2.57. The van der Waals surface area contributed by atoms with E-state index in [4.69, 9.17) is 0 Å². The number of β-amino-alcohol motifs (C(OH)–C–C–N with tert-alkyl or cyclic N) is 1. The largest absolute Gasteiger partial charge is 0.390 e. The SMILES string of the molecule is CNCCCCN1CCN(CCCCC2C(O)CN2C)CC1. The maximum Gasteiger partial charge on any atom is 0.0821 e. The van der Waals surface area contributed by atoms with E-state index in [-0.39, 0.29) is 6.10 Å². The van der Waals surface area contributed by atoms with Crippen LogP contribution in [0.5, 0.6) is 0 Å². The highest BCUT2D eigenvalue weighted by atomic mass is 16.3. The average molecular weight is 313 g/mol. The molecule has 2 aliphatic heterocycles. The van der Waals surface area contributed by atoms with Gasteiger partial charge < -0.3 is 20.2 Å². The van der Waals surface area contributed by atoms with E-state index in [1.807, 2.05) is 7.05 Å². The lowest BCUT2D eigenvalue weighted by molar-refractivity contribution is -0.0495. The third-order valence-electron chi connectivity index (χ3n) is 5.33. The van der Waals surface area contributed by atoms with Crippen molar-refractivity contribution in [1.29, 1.82) is 0 Å². The molecule has 2 saturated heterocycles. The Morgan fingerprint density at radius 2 is 1.55 bits per heavy atom. The van der Waals surface area contributed by atoms with Gasteiger partial charge in [-0.05, 0) is 59.4 Å². The van der Waals surface area contributed by atoms with E-state index >= 15 is 0 Å². The second-order valence-corrected chi connectivity index (χ2v) is 7.06. The zero-order chi connectivity index (χ0) is 15.8. The van der Waals surface area contributed by atoms with Gasteiger partial charge in [-0.15, -0.1) is 0 Å². The molecule has 2 atom stereocenters. The highest BCUT2D eigenvalue weighted by Crippen LogP contribution is 2.21.